The first-order valence-corrected chi connectivity index (χ1v) is 12.8. The van der Waals surface area contributed by atoms with E-state index < -0.39 is 21.4 Å². The zero-order chi connectivity index (χ0) is 25.1. The average Bonchev–Trinajstić information content (AvgIpc) is 2.93. The van der Waals surface area contributed by atoms with E-state index in [1.54, 1.807) is 63.2 Å². The van der Waals surface area contributed by atoms with E-state index in [0.29, 0.717) is 34.5 Å². The van der Waals surface area contributed by atoms with Crippen molar-refractivity contribution in [1.82, 2.24) is 4.90 Å². The molecule has 182 valence electrons. The minimum Gasteiger partial charge on any atom is -0.493 e. The van der Waals surface area contributed by atoms with Crippen molar-refractivity contribution in [3.05, 3.63) is 59.2 Å². The van der Waals surface area contributed by atoms with Gasteiger partial charge < -0.3 is 15.2 Å². The van der Waals surface area contributed by atoms with Crippen LogP contribution in [0.2, 0.25) is 0 Å². The smallest absolute Gasteiger partial charge is 0.442 e. The van der Waals surface area contributed by atoms with Gasteiger partial charge in [0.15, 0.2) is 0 Å². The summed E-state index contributed by atoms with van der Waals surface area (Å²) in [7, 11) is -2.91. The lowest BCUT2D eigenvalue weighted by Crippen LogP contribution is -2.31. The van der Waals surface area contributed by atoms with Crippen molar-refractivity contribution in [1.29, 1.82) is 0 Å². The number of hydrogen-bond donors (Lipinski definition) is 1. The van der Waals surface area contributed by atoms with Crippen LogP contribution in [0, 0.1) is 0 Å². The number of nitrogens with two attached hydrogens (primary N) is 1. The topological polar surface area (TPSA) is 128 Å². The second-order valence-electron chi connectivity index (χ2n) is 9.10. The van der Waals surface area contributed by atoms with E-state index in [-0.39, 0.29) is 30.7 Å². The molecule has 0 spiro atoms. The zero-order valence-electron chi connectivity index (χ0n) is 19.7. The number of amides is 3. The maximum absolute atomic E-state index is 12.8. The Balaban J connectivity index is 1.58. The molecule has 0 radical (unpaired) electrons. The van der Waals surface area contributed by atoms with Crippen molar-refractivity contribution >= 4 is 33.3 Å². The van der Waals surface area contributed by atoms with Gasteiger partial charge in [-0.3, -0.25) is 14.5 Å². The van der Waals surface area contributed by atoms with Crippen LogP contribution in [-0.4, -0.2) is 52.0 Å². The van der Waals surface area contributed by atoms with Gasteiger partial charge in [0.1, 0.15) is 11.4 Å². The molecule has 1 heterocycles. The lowest BCUT2D eigenvalue weighted by molar-refractivity contribution is 0.0603. The third-order valence-electron chi connectivity index (χ3n) is 4.76. The van der Waals surface area contributed by atoms with E-state index in [9.17, 15) is 18.6 Å². The number of nitrogens with zero attached hydrogens (tertiary/aromatic N) is 2. The number of imide groups is 1. The summed E-state index contributed by atoms with van der Waals surface area (Å²) in [6, 6.07) is 11.7. The molecule has 10 heteroatoms. The van der Waals surface area contributed by atoms with Crippen LogP contribution in [0.25, 0.3) is 0 Å². The molecule has 2 aromatic rings. The molecule has 0 aromatic heterocycles. The standard InChI is InChI=1S/C24H29N3O6S/c1-24(2,3)33-23(30)26-34(4,31)15-16-12-17(25)14-18(13-16)32-11-7-10-27-21(28)19-8-5-6-9-20(19)22(27)29/h5-6,8-9,12-14H,7,10-11,15,25H2,1-4H3. The highest BCUT2D eigenvalue weighted by Crippen LogP contribution is 2.24. The van der Waals surface area contributed by atoms with E-state index in [4.69, 9.17) is 15.2 Å². The number of anilines is 1. The van der Waals surface area contributed by atoms with Crippen LogP contribution < -0.4 is 10.5 Å². The number of rotatable bonds is 7. The van der Waals surface area contributed by atoms with Crippen LogP contribution in [-0.2, 0) is 20.2 Å². The molecule has 9 nitrogen and oxygen atoms in total. The summed E-state index contributed by atoms with van der Waals surface area (Å²) in [5, 5.41) is 0. The van der Waals surface area contributed by atoms with Crippen molar-refractivity contribution in [2.24, 2.45) is 4.36 Å². The number of nitrogen functional groups attached to an aromatic ring is 1. The monoisotopic (exact) mass is 487 g/mol. The minimum atomic E-state index is -2.91. The molecule has 0 saturated carbocycles. The predicted molar refractivity (Wildman–Crippen MR) is 129 cm³/mol. The van der Waals surface area contributed by atoms with E-state index in [2.05, 4.69) is 4.36 Å². The molecule has 1 unspecified atom stereocenters. The fourth-order valence-electron chi connectivity index (χ4n) is 3.49. The Morgan fingerprint density at radius 2 is 1.71 bits per heavy atom. The largest absolute Gasteiger partial charge is 0.493 e. The van der Waals surface area contributed by atoms with Crippen LogP contribution in [0.15, 0.2) is 46.8 Å². The lowest BCUT2D eigenvalue weighted by Gasteiger charge is -2.17. The first kappa shape index (κ1) is 25.2. The Labute approximate surface area is 199 Å². The van der Waals surface area contributed by atoms with Gasteiger partial charge in [-0.2, -0.15) is 0 Å². The van der Waals surface area contributed by atoms with Crippen molar-refractivity contribution in [3.8, 4) is 5.75 Å². The van der Waals surface area contributed by atoms with E-state index in [0.717, 1.165) is 0 Å². The normalized spacial score (nSPS) is 15.0. The molecule has 0 bridgehead atoms. The fourth-order valence-corrected chi connectivity index (χ4v) is 4.69. The summed E-state index contributed by atoms with van der Waals surface area (Å²) < 4.78 is 27.4. The second kappa shape index (κ2) is 9.84. The third kappa shape index (κ3) is 6.57. The molecule has 2 aromatic carbocycles. The van der Waals surface area contributed by atoms with Gasteiger partial charge in [0.25, 0.3) is 11.8 Å². The summed E-state index contributed by atoms with van der Waals surface area (Å²) in [6.45, 7) is 5.56. The molecule has 1 aliphatic rings. The van der Waals surface area contributed by atoms with Crippen LogP contribution in [0.3, 0.4) is 0 Å². The van der Waals surface area contributed by atoms with E-state index in [1.807, 2.05) is 0 Å². The van der Waals surface area contributed by atoms with Crippen molar-refractivity contribution in [2.45, 2.75) is 38.5 Å². The Bertz CT molecular complexity index is 1210. The molecule has 34 heavy (non-hydrogen) atoms. The Morgan fingerprint density at radius 3 is 2.29 bits per heavy atom. The highest BCUT2D eigenvalue weighted by Gasteiger charge is 2.34. The molecular weight excluding hydrogens is 458 g/mol. The summed E-state index contributed by atoms with van der Waals surface area (Å²) >= 11 is 0. The third-order valence-corrected chi connectivity index (χ3v) is 6.16. The van der Waals surface area contributed by atoms with Gasteiger partial charge in [-0.05, 0) is 57.0 Å². The number of ether oxygens (including phenoxy) is 2. The Hall–Kier alpha value is -3.40. The fraction of sp³-hybridized carbons (Fsp3) is 0.375. The highest BCUT2D eigenvalue weighted by atomic mass is 32.2. The number of carbonyl (C=O) groups excluding carboxylic acids is 3. The molecule has 0 fully saturated rings. The first-order valence-electron chi connectivity index (χ1n) is 10.7. The van der Waals surface area contributed by atoms with Gasteiger partial charge in [0.2, 0.25) is 0 Å². The summed E-state index contributed by atoms with van der Waals surface area (Å²) in [4.78, 5) is 38.0. The summed E-state index contributed by atoms with van der Waals surface area (Å²) in [6.07, 6.45) is 0.921. The average molecular weight is 488 g/mol. The zero-order valence-corrected chi connectivity index (χ0v) is 20.5. The van der Waals surface area contributed by atoms with Crippen molar-refractivity contribution in [3.63, 3.8) is 0 Å². The highest BCUT2D eigenvalue weighted by molar-refractivity contribution is 7.92. The maximum atomic E-state index is 12.8. The molecule has 3 rings (SSSR count). The predicted octanol–water partition coefficient (Wildman–Crippen LogP) is 3.87. The Morgan fingerprint density at radius 1 is 1.09 bits per heavy atom. The van der Waals surface area contributed by atoms with Crippen LogP contribution in [0.5, 0.6) is 5.75 Å². The number of carbonyl (C=O) groups is 3. The van der Waals surface area contributed by atoms with Crippen LogP contribution in [0.4, 0.5) is 10.5 Å². The molecule has 0 aliphatic carbocycles. The molecule has 3 amide bonds. The van der Waals surface area contributed by atoms with Gasteiger partial charge in [0, 0.05) is 24.6 Å². The molecule has 1 atom stereocenters. The van der Waals surface area contributed by atoms with Crippen LogP contribution in [0.1, 0.15) is 53.5 Å². The second-order valence-corrected chi connectivity index (χ2v) is 11.5. The number of benzene rings is 2. The van der Waals surface area contributed by atoms with Crippen LogP contribution >= 0.6 is 0 Å². The van der Waals surface area contributed by atoms with E-state index in [1.165, 1.54) is 11.2 Å². The van der Waals surface area contributed by atoms with E-state index >= 15 is 0 Å². The quantitative estimate of drug-likeness (QED) is 0.357. The van der Waals surface area contributed by atoms with Gasteiger partial charge in [0.05, 0.1) is 33.2 Å². The van der Waals surface area contributed by atoms with Gasteiger partial charge in [-0.15, -0.1) is 4.36 Å². The van der Waals surface area contributed by atoms with Crippen molar-refractivity contribution in [2.75, 3.05) is 25.1 Å². The molecule has 2 N–H and O–H groups in total. The Kier molecular flexibility index (Phi) is 7.30. The summed E-state index contributed by atoms with van der Waals surface area (Å²) in [5.74, 6) is -0.177. The van der Waals surface area contributed by atoms with Crippen molar-refractivity contribution < 1.29 is 28.1 Å². The lowest BCUT2D eigenvalue weighted by atomic mass is 10.1. The number of fused-ring (bicyclic) bond motifs is 1. The van der Waals surface area contributed by atoms with Gasteiger partial charge >= 0.3 is 6.09 Å². The molecule has 1 aliphatic heterocycles. The minimum absolute atomic E-state index is 0.0112. The SMILES string of the molecule is CC(C)(C)OC(=O)N=S(C)(=O)Cc1cc(N)cc(OCCCN2C(=O)c3ccccc3C2=O)c1. The maximum Gasteiger partial charge on any atom is 0.442 e. The van der Waals surface area contributed by atoms with Gasteiger partial charge in [-0.25, -0.2) is 9.00 Å². The number of hydrogen-bond acceptors (Lipinski definition) is 7. The summed E-state index contributed by atoms with van der Waals surface area (Å²) in [5.41, 5.74) is 7.04. The van der Waals surface area contributed by atoms with Gasteiger partial charge in [-0.1, -0.05) is 12.1 Å². The molecule has 0 saturated heterocycles. The first-order chi connectivity index (χ1) is 15.8. The molecular formula is C24H29N3O6S.